The molecule has 0 atom stereocenters. The molecule has 1 heterocycles. The molecule has 1 aliphatic carbocycles. The van der Waals surface area contributed by atoms with Crippen LogP contribution >= 0.6 is 0 Å². The molecule has 0 saturated heterocycles. The fraction of sp³-hybridized carbons (Fsp3) is 0.538. The number of pyridine rings is 1. The maximum atomic E-state index is 11.7. The van der Waals surface area contributed by atoms with Gasteiger partial charge in [0.2, 0.25) is 0 Å². The second-order valence-electron chi connectivity index (χ2n) is 5.08. The summed E-state index contributed by atoms with van der Waals surface area (Å²) < 4.78 is 1.39. The standard InChI is InChI=1S/C13H19N3O3/c1-16-8-4-5-10(11(16)17)15-12(18)14-9-13(19)6-2-3-7-13/h4-5,8,19H,2-3,6-7,9H2,1H3,(H2,14,15,18). The van der Waals surface area contributed by atoms with Gasteiger partial charge in [-0.25, -0.2) is 4.79 Å². The summed E-state index contributed by atoms with van der Waals surface area (Å²) in [7, 11) is 1.62. The minimum atomic E-state index is -0.793. The van der Waals surface area contributed by atoms with E-state index in [1.54, 1.807) is 25.4 Å². The van der Waals surface area contributed by atoms with E-state index in [2.05, 4.69) is 10.6 Å². The minimum absolute atomic E-state index is 0.214. The first-order chi connectivity index (χ1) is 9.00. The molecular weight excluding hydrogens is 246 g/mol. The number of aryl methyl sites for hydroxylation is 1. The molecule has 1 aliphatic rings. The fourth-order valence-electron chi connectivity index (χ4n) is 2.31. The molecule has 6 nitrogen and oxygen atoms in total. The molecular formula is C13H19N3O3. The summed E-state index contributed by atoms with van der Waals surface area (Å²) in [5.41, 5.74) is -0.836. The third kappa shape index (κ3) is 3.35. The van der Waals surface area contributed by atoms with Crippen LogP contribution in [-0.4, -0.2) is 27.9 Å². The van der Waals surface area contributed by atoms with Crippen LogP contribution in [-0.2, 0) is 7.05 Å². The number of urea groups is 1. The number of carbonyl (C=O) groups is 1. The van der Waals surface area contributed by atoms with Gasteiger partial charge in [-0.1, -0.05) is 12.8 Å². The van der Waals surface area contributed by atoms with Gasteiger partial charge >= 0.3 is 6.03 Å². The van der Waals surface area contributed by atoms with E-state index in [9.17, 15) is 14.7 Å². The monoisotopic (exact) mass is 265 g/mol. The molecule has 0 aromatic carbocycles. The second kappa shape index (κ2) is 5.44. The van der Waals surface area contributed by atoms with E-state index in [0.29, 0.717) is 12.8 Å². The Kier molecular flexibility index (Phi) is 3.90. The van der Waals surface area contributed by atoms with E-state index < -0.39 is 11.6 Å². The number of anilines is 1. The Hall–Kier alpha value is -1.82. The van der Waals surface area contributed by atoms with E-state index in [1.165, 1.54) is 4.57 Å². The van der Waals surface area contributed by atoms with Crippen molar-refractivity contribution in [2.75, 3.05) is 11.9 Å². The summed E-state index contributed by atoms with van der Waals surface area (Å²) in [5, 5.41) is 15.2. The summed E-state index contributed by atoms with van der Waals surface area (Å²) in [4.78, 5) is 23.4. The van der Waals surface area contributed by atoms with Crippen LogP contribution in [0.5, 0.6) is 0 Å². The minimum Gasteiger partial charge on any atom is -0.388 e. The highest BCUT2D eigenvalue weighted by Gasteiger charge is 2.31. The lowest BCUT2D eigenvalue weighted by Gasteiger charge is -2.22. The number of aromatic nitrogens is 1. The Morgan fingerprint density at radius 1 is 1.47 bits per heavy atom. The molecule has 2 amide bonds. The van der Waals surface area contributed by atoms with Crippen LogP contribution in [0, 0.1) is 0 Å². The van der Waals surface area contributed by atoms with Crippen LogP contribution in [0.15, 0.2) is 23.1 Å². The predicted octanol–water partition coefficient (Wildman–Crippen LogP) is 0.812. The van der Waals surface area contributed by atoms with Crippen molar-refractivity contribution in [3.05, 3.63) is 28.7 Å². The highest BCUT2D eigenvalue weighted by atomic mass is 16.3. The number of amides is 2. The third-order valence-electron chi connectivity index (χ3n) is 3.48. The van der Waals surface area contributed by atoms with E-state index in [1.807, 2.05) is 0 Å². The zero-order valence-electron chi connectivity index (χ0n) is 11.0. The molecule has 0 aliphatic heterocycles. The fourth-order valence-corrected chi connectivity index (χ4v) is 2.31. The number of rotatable bonds is 3. The zero-order chi connectivity index (χ0) is 13.9. The van der Waals surface area contributed by atoms with E-state index in [0.717, 1.165) is 12.8 Å². The first kappa shape index (κ1) is 13.6. The number of carbonyl (C=O) groups excluding carboxylic acids is 1. The molecule has 0 bridgehead atoms. The SMILES string of the molecule is Cn1cccc(NC(=O)NCC2(O)CCCC2)c1=O. The average Bonchev–Trinajstić information content (AvgIpc) is 2.80. The Balaban J connectivity index is 1.91. The normalized spacial score (nSPS) is 17.2. The molecule has 1 saturated carbocycles. The second-order valence-corrected chi connectivity index (χ2v) is 5.08. The zero-order valence-corrected chi connectivity index (χ0v) is 11.0. The van der Waals surface area contributed by atoms with Gasteiger partial charge in [-0.15, -0.1) is 0 Å². The summed E-state index contributed by atoms with van der Waals surface area (Å²) >= 11 is 0. The molecule has 1 fully saturated rings. The molecule has 2 rings (SSSR count). The number of hydrogen-bond donors (Lipinski definition) is 3. The van der Waals surface area contributed by atoms with Crippen molar-refractivity contribution < 1.29 is 9.90 Å². The van der Waals surface area contributed by atoms with Crippen molar-refractivity contribution in [3.8, 4) is 0 Å². The molecule has 0 radical (unpaired) electrons. The molecule has 1 aromatic heterocycles. The summed E-state index contributed by atoms with van der Waals surface area (Å²) in [5.74, 6) is 0. The van der Waals surface area contributed by atoms with Crippen molar-refractivity contribution >= 4 is 11.7 Å². The van der Waals surface area contributed by atoms with Crippen molar-refractivity contribution in [1.82, 2.24) is 9.88 Å². The molecule has 19 heavy (non-hydrogen) atoms. The van der Waals surface area contributed by atoms with Crippen LogP contribution in [0.3, 0.4) is 0 Å². The van der Waals surface area contributed by atoms with Gasteiger partial charge in [0.15, 0.2) is 0 Å². The van der Waals surface area contributed by atoms with Crippen LogP contribution in [0.25, 0.3) is 0 Å². The average molecular weight is 265 g/mol. The molecule has 104 valence electrons. The largest absolute Gasteiger partial charge is 0.388 e. The number of aliphatic hydroxyl groups is 1. The van der Waals surface area contributed by atoms with Crippen LogP contribution in [0.2, 0.25) is 0 Å². The quantitative estimate of drug-likeness (QED) is 0.756. The maximum Gasteiger partial charge on any atom is 0.319 e. The summed E-state index contributed by atoms with van der Waals surface area (Å²) in [6.45, 7) is 0.214. The van der Waals surface area contributed by atoms with Gasteiger partial charge in [-0.2, -0.15) is 0 Å². The number of nitrogens with one attached hydrogen (secondary N) is 2. The molecule has 6 heteroatoms. The number of nitrogens with zero attached hydrogens (tertiary/aromatic N) is 1. The lowest BCUT2D eigenvalue weighted by molar-refractivity contribution is 0.0506. The number of hydrogen-bond acceptors (Lipinski definition) is 3. The molecule has 0 spiro atoms. The summed E-state index contributed by atoms with van der Waals surface area (Å²) in [6, 6.07) is 2.76. The lowest BCUT2D eigenvalue weighted by atomic mass is 10.0. The molecule has 0 unspecified atom stereocenters. The van der Waals surface area contributed by atoms with E-state index >= 15 is 0 Å². The van der Waals surface area contributed by atoms with Crippen LogP contribution in [0.1, 0.15) is 25.7 Å². The van der Waals surface area contributed by atoms with Crippen molar-refractivity contribution in [2.45, 2.75) is 31.3 Å². The summed E-state index contributed by atoms with van der Waals surface area (Å²) in [6.07, 6.45) is 5.01. The highest BCUT2D eigenvalue weighted by Crippen LogP contribution is 2.28. The van der Waals surface area contributed by atoms with Crippen molar-refractivity contribution in [1.29, 1.82) is 0 Å². The van der Waals surface area contributed by atoms with Gasteiger partial charge in [-0.05, 0) is 25.0 Å². The predicted molar refractivity (Wildman–Crippen MR) is 72.1 cm³/mol. The topological polar surface area (TPSA) is 83.4 Å². The van der Waals surface area contributed by atoms with Crippen LogP contribution < -0.4 is 16.2 Å². The smallest absolute Gasteiger partial charge is 0.319 e. The lowest BCUT2D eigenvalue weighted by Crippen LogP contribution is -2.43. The first-order valence-electron chi connectivity index (χ1n) is 6.43. The van der Waals surface area contributed by atoms with E-state index in [4.69, 9.17) is 0 Å². The van der Waals surface area contributed by atoms with Gasteiger partial charge in [0, 0.05) is 19.8 Å². The van der Waals surface area contributed by atoms with Gasteiger partial charge < -0.3 is 20.3 Å². The Morgan fingerprint density at radius 3 is 2.84 bits per heavy atom. The van der Waals surface area contributed by atoms with Gasteiger partial charge in [0.25, 0.3) is 5.56 Å². The van der Waals surface area contributed by atoms with Gasteiger partial charge in [-0.3, -0.25) is 4.79 Å². The Bertz CT molecular complexity index is 518. The highest BCUT2D eigenvalue weighted by molar-refractivity contribution is 5.88. The van der Waals surface area contributed by atoms with Gasteiger partial charge in [0.05, 0.1) is 5.60 Å². The third-order valence-corrected chi connectivity index (χ3v) is 3.48. The first-order valence-corrected chi connectivity index (χ1v) is 6.43. The maximum absolute atomic E-state index is 11.7. The van der Waals surface area contributed by atoms with Gasteiger partial charge in [0.1, 0.15) is 5.69 Å². The molecule has 1 aromatic rings. The van der Waals surface area contributed by atoms with E-state index in [-0.39, 0.29) is 17.8 Å². The molecule has 3 N–H and O–H groups in total. The van der Waals surface area contributed by atoms with Crippen molar-refractivity contribution in [2.24, 2.45) is 7.05 Å². The van der Waals surface area contributed by atoms with Crippen LogP contribution in [0.4, 0.5) is 10.5 Å². The Labute approximate surface area is 111 Å². The Morgan fingerprint density at radius 2 is 2.16 bits per heavy atom. The van der Waals surface area contributed by atoms with Crippen molar-refractivity contribution in [3.63, 3.8) is 0 Å².